The van der Waals surface area contributed by atoms with Crippen LogP contribution in [0.25, 0.3) is 0 Å². The van der Waals surface area contributed by atoms with Crippen molar-refractivity contribution in [2.45, 2.75) is 25.3 Å². The second-order valence-electron chi connectivity index (χ2n) is 5.91. The molecule has 0 spiro atoms. The van der Waals surface area contributed by atoms with Crippen LogP contribution < -0.4 is 15.5 Å². The largest absolute Gasteiger partial charge is 0.452 e. The molecule has 2 amide bonds. The molecule has 1 saturated heterocycles. The molecule has 1 fully saturated rings. The number of hydrogen-bond donors (Lipinski definition) is 2. The monoisotopic (exact) mass is 342 g/mol. The molecular weight excluding hydrogens is 324 g/mol. The summed E-state index contributed by atoms with van der Waals surface area (Å²) in [5.41, 5.74) is 1.74. The number of nitrogens with one attached hydrogen (secondary N) is 2. The van der Waals surface area contributed by atoms with Crippen LogP contribution in [-0.2, 0) is 14.3 Å². The first-order valence-electron chi connectivity index (χ1n) is 8.12. The molecule has 1 aromatic rings. The van der Waals surface area contributed by atoms with E-state index in [0.717, 1.165) is 25.1 Å². The minimum Gasteiger partial charge on any atom is -0.452 e. The van der Waals surface area contributed by atoms with Crippen molar-refractivity contribution in [3.63, 3.8) is 0 Å². The van der Waals surface area contributed by atoms with Gasteiger partial charge in [-0.3, -0.25) is 9.59 Å². The lowest BCUT2D eigenvalue weighted by molar-refractivity contribution is -0.124. The van der Waals surface area contributed by atoms with E-state index in [1.165, 1.54) is 0 Å². The number of carbonyl (C=O) groups is 3. The predicted molar refractivity (Wildman–Crippen MR) is 89.0 cm³/mol. The van der Waals surface area contributed by atoms with Crippen LogP contribution in [0, 0.1) is 11.3 Å². The fourth-order valence-electron chi connectivity index (χ4n) is 3.08. The molecule has 0 aromatic heterocycles. The molecule has 8 heteroatoms. The Morgan fingerprint density at radius 2 is 2.28 bits per heavy atom. The summed E-state index contributed by atoms with van der Waals surface area (Å²) in [6.07, 6.45) is 1.99. The summed E-state index contributed by atoms with van der Waals surface area (Å²) in [5, 5.41) is 13.7. The third-order valence-corrected chi connectivity index (χ3v) is 4.25. The molecule has 1 aromatic carbocycles. The number of benzene rings is 1. The van der Waals surface area contributed by atoms with Crippen LogP contribution in [0.3, 0.4) is 0 Å². The van der Waals surface area contributed by atoms with E-state index in [4.69, 9.17) is 10.00 Å². The molecule has 2 N–H and O–H groups in total. The van der Waals surface area contributed by atoms with E-state index >= 15 is 0 Å². The van der Waals surface area contributed by atoms with Gasteiger partial charge in [-0.15, -0.1) is 0 Å². The van der Waals surface area contributed by atoms with Crippen molar-refractivity contribution < 1.29 is 19.1 Å². The van der Waals surface area contributed by atoms with Gasteiger partial charge in [0.05, 0.1) is 29.4 Å². The first kappa shape index (κ1) is 16.8. The van der Waals surface area contributed by atoms with E-state index in [-0.39, 0.29) is 30.5 Å². The smallest absolute Gasteiger partial charge is 0.338 e. The van der Waals surface area contributed by atoms with E-state index in [9.17, 15) is 14.4 Å². The van der Waals surface area contributed by atoms with Crippen LogP contribution in [-0.4, -0.2) is 43.5 Å². The van der Waals surface area contributed by atoms with E-state index in [0.29, 0.717) is 5.69 Å². The maximum absolute atomic E-state index is 12.1. The van der Waals surface area contributed by atoms with Gasteiger partial charge in [0.2, 0.25) is 5.91 Å². The standard InChI is InChI=1S/C17H18N4O4/c18-6-2-7-19-15(22)10-25-17(24)11-4-5-13-12(9-11)20-16(23)14-3-1-8-21(13)14/h4-5,9,14H,1-3,7-8,10H2,(H,19,22)(H,20,23)/t14-/m0/s1. The van der Waals surface area contributed by atoms with Gasteiger partial charge >= 0.3 is 5.97 Å². The summed E-state index contributed by atoms with van der Waals surface area (Å²) < 4.78 is 4.96. The van der Waals surface area contributed by atoms with Crippen molar-refractivity contribution in [2.24, 2.45) is 0 Å². The maximum atomic E-state index is 12.1. The zero-order valence-electron chi connectivity index (χ0n) is 13.6. The lowest BCUT2D eigenvalue weighted by Gasteiger charge is -2.33. The Hall–Kier alpha value is -3.08. The number of fused-ring (bicyclic) bond motifs is 3. The second-order valence-corrected chi connectivity index (χ2v) is 5.91. The highest BCUT2D eigenvalue weighted by Crippen LogP contribution is 2.37. The Kier molecular flexibility index (Phi) is 4.84. The zero-order chi connectivity index (χ0) is 17.8. The lowest BCUT2D eigenvalue weighted by Crippen LogP contribution is -2.43. The first-order valence-corrected chi connectivity index (χ1v) is 8.12. The Bertz CT molecular complexity index is 756. The van der Waals surface area contributed by atoms with Crippen molar-refractivity contribution in [2.75, 3.05) is 29.9 Å². The van der Waals surface area contributed by atoms with Crippen LogP contribution in [0.15, 0.2) is 18.2 Å². The average Bonchev–Trinajstić information content (AvgIpc) is 3.10. The highest BCUT2D eigenvalue weighted by atomic mass is 16.5. The number of anilines is 2. The number of nitrogens with zero attached hydrogens (tertiary/aromatic N) is 2. The third-order valence-electron chi connectivity index (χ3n) is 4.25. The van der Waals surface area contributed by atoms with Crippen LogP contribution >= 0.6 is 0 Å². The SMILES string of the molecule is N#CCCNC(=O)COC(=O)c1ccc2c(c1)NC(=O)[C@@H]1CCCN21. The number of hydrogen-bond acceptors (Lipinski definition) is 6. The fourth-order valence-corrected chi connectivity index (χ4v) is 3.08. The van der Waals surface area contributed by atoms with Crippen LogP contribution in [0.4, 0.5) is 11.4 Å². The molecular formula is C17H18N4O4. The van der Waals surface area contributed by atoms with E-state index in [2.05, 4.69) is 10.6 Å². The third kappa shape index (κ3) is 3.55. The van der Waals surface area contributed by atoms with Gasteiger partial charge in [0, 0.05) is 13.1 Å². The topological polar surface area (TPSA) is 112 Å². The first-order chi connectivity index (χ1) is 12.1. The van der Waals surface area contributed by atoms with Crippen molar-refractivity contribution in [1.82, 2.24) is 5.32 Å². The van der Waals surface area contributed by atoms with Crippen molar-refractivity contribution in [1.29, 1.82) is 5.26 Å². The molecule has 8 nitrogen and oxygen atoms in total. The quantitative estimate of drug-likeness (QED) is 0.604. The van der Waals surface area contributed by atoms with Gasteiger partial charge in [0.1, 0.15) is 6.04 Å². The van der Waals surface area contributed by atoms with E-state index in [1.807, 2.05) is 11.0 Å². The van der Waals surface area contributed by atoms with E-state index < -0.39 is 18.5 Å². The number of amides is 2. The highest BCUT2D eigenvalue weighted by molar-refractivity contribution is 6.05. The van der Waals surface area contributed by atoms with Crippen LogP contribution in [0.1, 0.15) is 29.6 Å². The number of esters is 1. The normalized spacial score (nSPS) is 17.8. The van der Waals surface area contributed by atoms with Gasteiger partial charge in [-0.2, -0.15) is 5.26 Å². The second kappa shape index (κ2) is 7.21. The Morgan fingerprint density at radius 3 is 3.08 bits per heavy atom. The van der Waals surface area contributed by atoms with E-state index in [1.54, 1.807) is 18.2 Å². The number of carbonyl (C=O) groups excluding carboxylic acids is 3. The molecule has 2 heterocycles. The molecule has 25 heavy (non-hydrogen) atoms. The van der Waals surface area contributed by atoms with Crippen molar-refractivity contribution in [3.05, 3.63) is 23.8 Å². The summed E-state index contributed by atoms with van der Waals surface area (Å²) in [4.78, 5) is 37.7. The van der Waals surface area contributed by atoms with Crippen molar-refractivity contribution in [3.8, 4) is 6.07 Å². The van der Waals surface area contributed by atoms with Gasteiger partial charge in [-0.1, -0.05) is 0 Å². The van der Waals surface area contributed by atoms with Gasteiger partial charge in [-0.05, 0) is 31.0 Å². The Labute approximate surface area is 144 Å². The molecule has 0 saturated carbocycles. The molecule has 2 aliphatic heterocycles. The molecule has 0 aliphatic carbocycles. The minimum atomic E-state index is -0.643. The molecule has 0 radical (unpaired) electrons. The molecule has 130 valence electrons. The van der Waals surface area contributed by atoms with Crippen molar-refractivity contribution >= 4 is 29.2 Å². The Morgan fingerprint density at radius 1 is 1.44 bits per heavy atom. The zero-order valence-corrected chi connectivity index (χ0v) is 13.6. The maximum Gasteiger partial charge on any atom is 0.338 e. The molecule has 2 aliphatic rings. The predicted octanol–water partition coefficient (Wildman–Crippen LogP) is 0.794. The summed E-state index contributed by atoms with van der Waals surface area (Å²) >= 11 is 0. The molecule has 0 bridgehead atoms. The van der Waals surface area contributed by atoms with Gasteiger partial charge < -0.3 is 20.3 Å². The van der Waals surface area contributed by atoms with Gasteiger partial charge in [-0.25, -0.2) is 4.79 Å². The summed E-state index contributed by atoms with van der Waals surface area (Å²) in [6, 6.07) is 6.75. The summed E-state index contributed by atoms with van der Waals surface area (Å²) in [7, 11) is 0. The van der Waals surface area contributed by atoms with Gasteiger partial charge in [0.15, 0.2) is 6.61 Å². The fraction of sp³-hybridized carbons (Fsp3) is 0.412. The minimum absolute atomic E-state index is 0.0626. The number of nitriles is 1. The summed E-state index contributed by atoms with van der Waals surface area (Å²) in [6.45, 7) is 0.619. The number of rotatable bonds is 5. The molecule has 3 rings (SSSR count). The molecule has 0 unspecified atom stereocenters. The summed E-state index contributed by atoms with van der Waals surface area (Å²) in [5.74, 6) is -1.17. The van der Waals surface area contributed by atoms with Gasteiger partial charge in [0.25, 0.3) is 5.91 Å². The average molecular weight is 342 g/mol. The lowest BCUT2D eigenvalue weighted by atomic mass is 10.1. The van der Waals surface area contributed by atoms with Crippen LogP contribution in [0.2, 0.25) is 0 Å². The number of ether oxygens (including phenoxy) is 1. The van der Waals surface area contributed by atoms with Crippen LogP contribution in [0.5, 0.6) is 0 Å². The Balaban J connectivity index is 1.63. The highest BCUT2D eigenvalue weighted by Gasteiger charge is 2.36. The molecule has 1 atom stereocenters.